The highest BCUT2D eigenvalue weighted by Crippen LogP contribution is 2.15. The summed E-state index contributed by atoms with van der Waals surface area (Å²) < 4.78 is 0. The van der Waals surface area contributed by atoms with Crippen LogP contribution in [0.4, 0.5) is 0 Å². The summed E-state index contributed by atoms with van der Waals surface area (Å²) >= 11 is 0. The van der Waals surface area contributed by atoms with E-state index in [1.165, 1.54) is 6.42 Å². The van der Waals surface area contributed by atoms with E-state index in [1.54, 1.807) is 6.07 Å². The molecule has 2 N–H and O–H groups in total. The molecule has 0 aromatic heterocycles. The number of benzene rings is 1. The van der Waals surface area contributed by atoms with E-state index in [4.69, 9.17) is 0 Å². The molecule has 98 valence electrons. The highest BCUT2D eigenvalue weighted by molar-refractivity contribution is 6.59. The molecule has 0 saturated carbocycles. The number of rotatable bonds is 4. The first-order chi connectivity index (χ1) is 8.58. The predicted molar refractivity (Wildman–Crippen MR) is 73.6 cm³/mol. The van der Waals surface area contributed by atoms with E-state index in [0.29, 0.717) is 11.5 Å². The summed E-state index contributed by atoms with van der Waals surface area (Å²) in [5, 5.41) is 18.7. The Hall–Kier alpha value is -0.875. The second-order valence-electron chi connectivity index (χ2n) is 5.21. The van der Waals surface area contributed by atoms with Crippen molar-refractivity contribution in [2.45, 2.75) is 19.0 Å². The Morgan fingerprint density at radius 3 is 2.67 bits per heavy atom. The van der Waals surface area contributed by atoms with Crippen LogP contribution in [0, 0.1) is 0 Å². The van der Waals surface area contributed by atoms with Gasteiger partial charge in [0.25, 0.3) is 0 Å². The van der Waals surface area contributed by atoms with Gasteiger partial charge >= 0.3 is 7.12 Å². The molecule has 1 saturated heterocycles. The van der Waals surface area contributed by atoms with Crippen molar-refractivity contribution in [3.63, 3.8) is 0 Å². The lowest BCUT2D eigenvalue weighted by atomic mass is 9.77. The van der Waals surface area contributed by atoms with Gasteiger partial charge in [-0.15, -0.1) is 0 Å². The quantitative estimate of drug-likeness (QED) is 0.705. The van der Waals surface area contributed by atoms with E-state index in [9.17, 15) is 10.0 Å². The highest BCUT2D eigenvalue weighted by Gasteiger charge is 2.25. The molecule has 1 heterocycles. The second kappa shape index (κ2) is 5.84. The first-order valence-corrected chi connectivity index (χ1v) is 6.40. The first-order valence-electron chi connectivity index (χ1n) is 6.40. The molecule has 1 unspecified atom stereocenters. The van der Waals surface area contributed by atoms with Crippen molar-refractivity contribution in [2.75, 3.05) is 27.2 Å². The van der Waals surface area contributed by atoms with Crippen molar-refractivity contribution in [2.24, 2.45) is 0 Å². The molecule has 1 aromatic rings. The van der Waals surface area contributed by atoms with Crippen molar-refractivity contribution in [1.29, 1.82) is 0 Å². The van der Waals surface area contributed by atoms with E-state index in [2.05, 4.69) is 23.9 Å². The molecule has 0 spiro atoms. The lowest BCUT2D eigenvalue weighted by Gasteiger charge is -2.21. The van der Waals surface area contributed by atoms with Crippen LogP contribution in [0.5, 0.6) is 0 Å². The van der Waals surface area contributed by atoms with Crippen LogP contribution in [0.25, 0.3) is 0 Å². The molecule has 4 nitrogen and oxygen atoms in total. The van der Waals surface area contributed by atoms with Gasteiger partial charge in [0.1, 0.15) is 0 Å². The SMILES string of the molecule is CN(C)C1CCN(Cc2ccccc2B(O)O)C1. The second-order valence-corrected chi connectivity index (χ2v) is 5.21. The first kappa shape index (κ1) is 13.6. The van der Waals surface area contributed by atoms with Gasteiger partial charge in [0.2, 0.25) is 0 Å². The molecule has 1 aliphatic rings. The normalized spacial score (nSPS) is 20.6. The van der Waals surface area contributed by atoms with E-state index in [-0.39, 0.29) is 0 Å². The van der Waals surface area contributed by atoms with Crippen molar-refractivity contribution in [3.05, 3.63) is 29.8 Å². The molecule has 0 amide bonds. The van der Waals surface area contributed by atoms with Gasteiger partial charge in [-0.25, -0.2) is 0 Å². The molecule has 1 fully saturated rings. The third-order valence-corrected chi connectivity index (χ3v) is 3.71. The Labute approximate surface area is 109 Å². The van der Waals surface area contributed by atoms with E-state index in [0.717, 1.165) is 25.2 Å². The minimum atomic E-state index is -1.38. The Bertz CT molecular complexity index is 398. The molecule has 0 radical (unpaired) electrons. The number of hydrogen-bond donors (Lipinski definition) is 2. The third kappa shape index (κ3) is 3.11. The maximum Gasteiger partial charge on any atom is 0.488 e. The maximum atomic E-state index is 9.35. The Morgan fingerprint density at radius 2 is 2.06 bits per heavy atom. The van der Waals surface area contributed by atoms with Crippen LogP contribution < -0.4 is 5.46 Å². The third-order valence-electron chi connectivity index (χ3n) is 3.71. The molecule has 5 heteroatoms. The van der Waals surface area contributed by atoms with Gasteiger partial charge in [0, 0.05) is 25.7 Å². The van der Waals surface area contributed by atoms with Crippen LogP contribution in [0.15, 0.2) is 24.3 Å². The summed E-state index contributed by atoms with van der Waals surface area (Å²) in [5.41, 5.74) is 1.62. The van der Waals surface area contributed by atoms with Crippen LogP contribution in [0.1, 0.15) is 12.0 Å². The summed E-state index contributed by atoms with van der Waals surface area (Å²) in [7, 11) is 2.84. The van der Waals surface area contributed by atoms with Gasteiger partial charge < -0.3 is 14.9 Å². The zero-order valence-electron chi connectivity index (χ0n) is 11.1. The summed E-state index contributed by atoms with van der Waals surface area (Å²) in [4.78, 5) is 4.62. The average molecular weight is 248 g/mol. The summed E-state index contributed by atoms with van der Waals surface area (Å²) in [6.07, 6.45) is 1.18. The topological polar surface area (TPSA) is 46.9 Å². The fraction of sp³-hybridized carbons (Fsp3) is 0.538. The minimum absolute atomic E-state index is 0.608. The molecular formula is C13H21BN2O2. The Balaban J connectivity index is 2.02. The van der Waals surface area contributed by atoms with Crippen LogP contribution in [0.2, 0.25) is 0 Å². The van der Waals surface area contributed by atoms with Crippen molar-refractivity contribution >= 4 is 12.6 Å². The summed E-state index contributed by atoms with van der Waals surface area (Å²) in [6, 6.07) is 8.14. The monoisotopic (exact) mass is 248 g/mol. The van der Waals surface area contributed by atoms with E-state index < -0.39 is 7.12 Å². The van der Waals surface area contributed by atoms with Gasteiger partial charge in [0.05, 0.1) is 0 Å². The average Bonchev–Trinajstić information content (AvgIpc) is 2.78. The van der Waals surface area contributed by atoms with Crippen molar-refractivity contribution in [3.8, 4) is 0 Å². The number of likely N-dealkylation sites (N-methyl/N-ethyl adjacent to an activating group) is 1. The van der Waals surface area contributed by atoms with Crippen LogP contribution in [0.3, 0.4) is 0 Å². The number of nitrogens with zero attached hydrogens (tertiary/aromatic N) is 2. The highest BCUT2D eigenvalue weighted by atomic mass is 16.4. The summed E-state index contributed by atoms with van der Waals surface area (Å²) in [6.45, 7) is 2.90. The van der Waals surface area contributed by atoms with Gasteiger partial charge in [-0.05, 0) is 31.5 Å². The van der Waals surface area contributed by atoms with Crippen LogP contribution in [-0.4, -0.2) is 60.2 Å². The fourth-order valence-electron chi connectivity index (χ4n) is 2.55. The van der Waals surface area contributed by atoms with Gasteiger partial charge in [0.15, 0.2) is 0 Å². The Kier molecular flexibility index (Phi) is 4.40. The molecule has 2 rings (SSSR count). The standard InChI is InChI=1S/C13H21BN2O2/c1-15(2)12-7-8-16(10-12)9-11-5-3-4-6-13(11)14(17)18/h3-6,12,17-18H,7-10H2,1-2H3. The zero-order valence-corrected chi connectivity index (χ0v) is 11.1. The van der Waals surface area contributed by atoms with Crippen molar-refractivity contribution < 1.29 is 10.0 Å². The number of likely N-dealkylation sites (tertiary alicyclic amines) is 1. The van der Waals surface area contributed by atoms with Gasteiger partial charge in [-0.3, -0.25) is 4.90 Å². The van der Waals surface area contributed by atoms with Crippen LogP contribution >= 0.6 is 0 Å². The predicted octanol–water partition coefficient (Wildman–Crippen LogP) is -0.498. The van der Waals surface area contributed by atoms with E-state index in [1.807, 2.05) is 18.2 Å². The molecular weight excluding hydrogens is 227 g/mol. The fourth-order valence-corrected chi connectivity index (χ4v) is 2.55. The molecule has 1 atom stereocenters. The molecule has 0 bridgehead atoms. The molecule has 1 aromatic carbocycles. The smallest absolute Gasteiger partial charge is 0.423 e. The van der Waals surface area contributed by atoms with E-state index >= 15 is 0 Å². The minimum Gasteiger partial charge on any atom is -0.423 e. The largest absolute Gasteiger partial charge is 0.488 e. The van der Waals surface area contributed by atoms with Gasteiger partial charge in [-0.2, -0.15) is 0 Å². The Morgan fingerprint density at radius 1 is 1.33 bits per heavy atom. The van der Waals surface area contributed by atoms with Crippen molar-refractivity contribution in [1.82, 2.24) is 9.80 Å². The van der Waals surface area contributed by atoms with Crippen LogP contribution in [-0.2, 0) is 6.54 Å². The molecule has 18 heavy (non-hydrogen) atoms. The summed E-state index contributed by atoms with van der Waals surface area (Å²) in [5.74, 6) is 0. The number of hydrogen-bond acceptors (Lipinski definition) is 4. The lowest BCUT2D eigenvalue weighted by Crippen LogP contribution is -2.36. The molecule has 1 aliphatic heterocycles. The molecule has 0 aliphatic carbocycles. The lowest BCUT2D eigenvalue weighted by molar-refractivity contribution is 0.265. The van der Waals surface area contributed by atoms with Gasteiger partial charge in [-0.1, -0.05) is 24.3 Å². The maximum absolute atomic E-state index is 9.35. The zero-order chi connectivity index (χ0) is 13.1.